The first-order valence-electron chi connectivity index (χ1n) is 8.12. The Bertz CT molecular complexity index is 802. The average Bonchev–Trinajstić information content (AvgIpc) is 3.02. The molecule has 2 fully saturated rings. The predicted molar refractivity (Wildman–Crippen MR) is 89.4 cm³/mol. The van der Waals surface area contributed by atoms with Crippen LogP contribution >= 0.6 is 0 Å². The molecule has 0 radical (unpaired) electrons. The highest BCUT2D eigenvalue weighted by molar-refractivity contribution is 7.89. The summed E-state index contributed by atoms with van der Waals surface area (Å²) in [5, 5.41) is 0.00842. The van der Waals surface area contributed by atoms with Crippen LogP contribution in [0.2, 0.25) is 0 Å². The van der Waals surface area contributed by atoms with Crippen LogP contribution in [0.15, 0.2) is 17.6 Å². The molecule has 0 spiro atoms. The van der Waals surface area contributed by atoms with E-state index in [1.165, 1.54) is 18.8 Å². The zero-order chi connectivity index (χ0) is 17.7. The van der Waals surface area contributed by atoms with Crippen molar-refractivity contribution >= 4 is 20.0 Å². The van der Waals surface area contributed by atoms with E-state index in [1.807, 2.05) is 13.8 Å². The summed E-state index contributed by atoms with van der Waals surface area (Å²) in [7, 11) is -6.94. The smallest absolute Gasteiger partial charge is 0.259 e. The van der Waals surface area contributed by atoms with Crippen LogP contribution in [0.25, 0.3) is 0 Å². The fraction of sp³-hybridized carbons (Fsp3) is 0.786. The van der Waals surface area contributed by atoms with Gasteiger partial charge in [0, 0.05) is 30.4 Å². The topological polar surface area (TPSA) is 101 Å². The first-order valence-corrected chi connectivity index (χ1v) is 11.5. The Morgan fingerprint density at radius 3 is 2.21 bits per heavy atom. The van der Waals surface area contributed by atoms with E-state index in [1.54, 1.807) is 8.87 Å². The van der Waals surface area contributed by atoms with Crippen molar-refractivity contribution in [2.24, 2.45) is 0 Å². The Balaban J connectivity index is 1.73. The van der Waals surface area contributed by atoms with E-state index >= 15 is 0 Å². The molecule has 1 unspecified atom stereocenters. The van der Waals surface area contributed by atoms with Crippen molar-refractivity contribution in [2.75, 3.05) is 6.26 Å². The maximum atomic E-state index is 12.5. The van der Waals surface area contributed by atoms with Gasteiger partial charge in [0.25, 0.3) is 10.0 Å². The van der Waals surface area contributed by atoms with Crippen molar-refractivity contribution in [2.45, 2.75) is 68.7 Å². The van der Waals surface area contributed by atoms with Gasteiger partial charge in [0.05, 0.1) is 12.6 Å². The molecule has 24 heavy (non-hydrogen) atoms. The molecule has 3 rings (SSSR count). The molecule has 2 bridgehead atoms. The molecular formula is C14H24N4O4S2. The van der Waals surface area contributed by atoms with E-state index in [0.29, 0.717) is 12.8 Å². The van der Waals surface area contributed by atoms with E-state index in [9.17, 15) is 16.8 Å². The molecule has 8 nitrogen and oxygen atoms in total. The van der Waals surface area contributed by atoms with E-state index in [4.69, 9.17) is 0 Å². The van der Waals surface area contributed by atoms with Crippen LogP contribution in [0.1, 0.15) is 45.6 Å². The normalized spacial score (nSPS) is 28.6. The Hall–Kier alpha value is -0.970. The van der Waals surface area contributed by atoms with E-state index in [2.05, 4.69) is 9.71 Å². The van der Waals surface area contributed by atoms with Gasteiger partial charge in [-0.3, -0.25) is 0 Å². The van der Waals surface area contributed by atoms with Crippen molar-refractivity contribution in [3.63, 3.8) is 0 Å². The lowest BCUT2D eigenvalue weighted by molar-refractivity contribution is 0.221. The summed E-state index contributed by atoms with van der Waals surface area (Å²) in [4.78, 5) is 3.99. The van der Waals surface area contributed by atoms with Gasteiger partial charge < -0.3 is 4.57 Å². The van der Waals surface area contributed by atoms with Crippen LogP contribution in [-0.4, -0.2) is 55.1 Å². The second-order valence-electron chi connectivity index (χ2n) is 7.02. The standard InChI is InChI=1S/C14H24N4O4S2/c1-10(2)17-8-14(15-9-17)24(21,22)16-11-6-12-4-5-13(7-11)18(12)23(3,19)20/h8-13,16H,4-7H2,1-3H3/t11?,12-,13+. The molecule has 1 aromatic heterocycles. The summed E-state index contributed by atoms with van der Waals surface area (Å²) < 4.78 is 54.9. The number of hydrogen-bond donors (Lipinski definition) is 1. The molecular weight excluding hydrogens is 352 g/mol. The zero-order valence-corrected chi connectivity index (χ0v) is 15.7. The third-order valence-electron chi connectivity index (χ3n) is 4.82. The molecule has 2 aliphatic rings. The van der Waals surface area contributed by atoms with Crippen molar-refractivity contribution < 1.29 is 16.8 Å². The van der Waals surface area contributed by atoms with Crippen LogP contribution in [0, 0.1) is 0 Å². The number of nitrogens with zero attached hydrogens (tertiary/aromatic N) is 3. The van der Waals surface area contributed by atoms with Crippen molar-refractivity contribution in [3.8, 4) is 0 Å². The fourth-order valence-corrected chi connectivity index (χ4v) is 6.46. The highest BCUT2D eigenvalue weighted by Gasteiger charge is 2.46. The second-order valence-corrected chi connectivity index (χ2v) is 10.6. The van der Waals surface area contributed by atoms with Gasteiger partial charge in [-0.15, -0.1) is 0 Å². The Labute approximate surface area is 143 Å². The largest absolute Gasteiger partial charge is 0.334 e. The number of rotatable bonds is 5. The van der Waals surface area contributed by atoms with Gasteiger partial charge in [-0.2, -0.15) is 4.31 Å². The molecule has 136 valence electrons. The lowest BCUT2D eigenvalue weighted by Crippen LogP contribution is -2.52. The van der Waals surface area contributed by atoms with E-state index in [-0.39, 0.29) is 29.2 Å². The highest BCUT2D eigenvalue weighted by atomic mass is 32.2. The number of nitrogens with one attached hydrogen (secondary N) is 1. The van der Waals surface area contributed by atoms with Crippen LogP contribution in [0.3, 0.4) is 0 Å². The number of piperidine rings is 1. The highest BCUT2D eigenvalue weighted by Crippen LogP contribution is 2.37. The lowest BCUT2D eigenvalue weighted by Gasteiger charge is -2.37. The van der Waals surface area contributed by atoms with Crippen LogP contribution in [0.4, 0.5) is 0 Å². The number of sulfonamides is 2. The van der Waals surface area contributed by atoms with Gasteiger partial charge in [0.1, 0.15) is 0 Å². The van der Waals surface area contributed by atoms with Gasteiger partial charge >= 0.3 is 0 Å². The summed E-state index contributed by atoms with van der Waals surface area (Å²) >= 11 is 0. The molecule has 2 saturated heterocycles. The second kappa shape index (κ2) is 6.08. The number of imidazole rings is 1. The van der Waals surface area contributed by atoms with Crippen molar-refractivity contribution in [1.82, 2.24) is 18.6 Å². The molecule has 0 aliphatic carbocycles. The van der Waals surface area contributed by atoms with E-state index in [0.717, 1.165) is 12.8 Å². The Morgan fingerprint density at radius 1 is 1.17 bits per heavy atom. The van der Waals surface area contributed by atoms with Gasteiger partial charge in [-0.1, -0.05) is 0 Å². The molecule has 2 aliphatic heterocycles. The van der Waals surface area contributed by atoms with Gasteiger partial charge in [-0.05, 0) is 39.5 Å². The predicted octanol–water partition coefficient (Wildman–Crippen LogP) is 0.697. The van der Waals surface area contributed by atoms with Gasteiger partial charge in [0.2, 0.25) is 10.0 Å². The van der Waals surface area contributed by atoms with Crippen LogP contribution < -0.4 is 4.72 Å². The maximum absolute atomic E-state index is 12.5. The maximum Gasteiger partial charge on any atom is 0.259 e. The molecule has 3 atom stereocenters. The quantitative estimate of drug-likeness (QED) is 0.815. The number of aromatic nitrogens is 2. The Morgan fingerprint density at radius 2 is 1.75 bits per heavy atom. The minimum absolute atomic E-state index is 0.00842. The fourth-order valence-electron chi connectivity index (χ4n) is 3.79. The van der Waals surface area contributed by atoms with Crippen LogP contribution in [0.5, 0.6) is 0 Å². The molecule has 10 heteroatoms. The molecule has 3 heterocycles. The summed E-state index contributed by atoms with van der Waals surface area (Å²) in [6.07, 6.45) is 6.85. The summed E-state index contributed by atoms with van der Waals surface area (Å²) in [6.45, 7) is 3.90. The molecule has 1 aromatic rings. The average molecular weight is 377 g/mol. The van der Waals surface area contributed by atoms with Gasteiger partial charge in [0.15, 0.2) is 5.03 Å². The van der Waals surface area contributed by atoms with Crippen LogP contribution in [-0.2, 0) is 20.0 Å². The van der Waals surface area contributed by atoms with Crippen molar-refractivity contribution in [3.05, 3.63) is 12.5 Å². The first-order chi connectivity index (χ1) is 11.1. The monoisotopic (exact) mass is 376 g/mol. The number of hydrogen-bond acceptors (Lipinski definition) is 5. The molecule has 0 aromatic carbocycles. The SMILES string of the molecule is CC(C)n1cnc(S(=O)(=O)NC2C[C@H]3CC[C@@H](C2)N3S(C)(=O)=O)c1. The van der Waals surface area contributed by atoms with E-state index < -0.39 is 20.0 Å². The molecule has 1 N–H and O–H groups in total. The first kappa shape index (κ1) is 17.8. The molecule has 0 saturated carbocycles. The molecule has 0 amide bonds. The summed E-state index contributed by atoms with van der Waals surface area (Å²) in [5.74, 6) is 0. The summed E-state index contributed by atoms with van der Waals surface area (Å²) in [5.41, 5.74) is 0. The zero-order valence-electron chi connectivity index (χ0n) is 14.1. The Kier molecular flexibility index (Phi) is 4.52. The summed E-state index contributed by atoms with van der Waals surface area (Å²) in [6, 6.07) is -0.343. The van der Waals surface area contributed by atoms with Gasteiger partial charge in [-0.25, -0.2) is 26.5 Å². The minimum Gasteiger partial charge on any atom is -0.334 e. The number of fused-ring (bicyclic) bond motifs is 2. The third kappa shape index (κ3) is 3.37. The lowest BCUT2D eigenvalue weighted by atomic mass is 10.0. The third-order valence-corrected chi connectivity index (χ3v) is 7.59. The minimum atomic E-state index is -3.69. The van der Waals surface area contributed by atoms with Crippen molar-refractivity contribution in [1.29, 1.82) is 0 Å².